The summed E-state index contributed by atoms with van der Waals surface area (Å²) in [6, 6.07) is -0.635. The second kappa shape index (κ2) is 4.72. The normalized spacial score (nSPS) is 17.8. The number of nitrogens with zero attached hydrogens (tertiary/aromatic N) is 1. The maximum absolute atomic E-state index is 11.3. The molecule has 15 heavy (non-hydrogen) atoms. The second-order valence-corrected chi connectivity index (χ2v) is 3.71. The topological polar surface area (TPSA) is 66.5 Å². The summed E-state index contributed by atoms with van der Waals surface area (Å²) in [5.41, 5.74) is 0. The molecule has 0 bridgehead atoms. The van der Waals surface area contributed by atoms with Crippen LogP contribution in [0.2, 0.25) is 0 Å². The van der Waals surface area contributed by atoms with Crippen molar-refractivity contribution in [3.05, 3.63) is 12.2 Å². The number of hydrogen-bond acceptors (Lipinski definition) is 3. The fourth-order valence-electron chi connectivity index (χ4n) is 1.20. The molecule has 5 heteroatoms. The first-order chi connectivity index (χ1) is 7.00. The van der Waals surface area contributed by atoms with Crippen LogP contribution in [0.5, 0.6) is 0 Å². The number of urea groups is 1. The molecule has 4 amide bonds. The smallest absolute Gasteiger partial charge is 0.277 e. The van der Waals surface area contributed by atoms with Crippen LogP contribution in [0, 0.1) is 5.92 Å². The highest BCUT2D eigenvalue weighted by Crippen LogP contribution is 2.03. The molecule has 1 aliphatic heterocycles. The molecule has 1 aliphatic rings. The van der Waals surface area contributed by atoms with Gasteiger partial charge in [0.05, 0.1) is 0 Å². The van der Waals surface area contributed by atoms with Crippen LogP contribution in [-0.2, 0) is 9.59 Å². The molecule has 5 nitrogen and oxygen atoms in total. The number of hydrogen-bond donors (Lipinski definition) is 1. The highest BCUT2D eigenvalue weighted by Gasteiger charge is 2.29. The Morgan fingerprint density at radius 2 is 2.07 bits per heavy atom. The van der Waals surface area contributed by atoms with Crippen molar-refractivity contribution in [1.82, 2.24) is 10.2 Å². The highest BCUT2D eigenvalue weighted by atomic mass is 16.2. The van der Waals surface area contributed by atoms with Crippen molar-refractivity contribution >= 4 is 17.8 Å². The van der Waals surface area contributed by atoms with Gasteiger partial charge in [-0.1, -0.05) is 26.0 Å². The van der Waals surface area contributed by atoms with E-state index < -0.39 is 17.8 Å². The van der Waals surface area contributed by atoms with Gasteiger partial charge in [-0.05, 0) is 5.92 Å². The molecule has 1 fully saturated rings. The van der Waals surface area contributed by atoms with Crippen LogP contribution in [0.15, 0.2) is 12.2 Å². The van der Waals surface area contributed by atoms with E-state index in [1.807, 2.05) is 19.9 Å². The first-order valence-electron chi connectivity index (χ1n) is 4.81. The zero-order valence-corrected chi connectivity index (χ0v) is 8.82. The van der Waals surface area contributed by atoms with Crippen LogP contribution in [-0.4, -0.2) is 29.3 Å². The minimum Gasteiger partial charge on any atom is -0.277 e. The van der Waals surface area contributed by atoms with E-state index in [9.17, 15) is 14.4 Å². The number of barbiturate groups is 1. The maximum atomic E-state index is 11.3. The monoisotopic (exact) mass is 210 g/mol. The Balaban J connectivity index is 2.57. The first kappa shape index (κ1) is 11.4. The largest absolute Gasteiger partial charge is 0.331 e. The third kappa shape index (κ3) is 3.19. The van der Waals surface area contributed by atoms with Crippen molar-refractivity contribution in [3.63, 3.8) is 0 Å². The Morgan fingerprint density at radius 1 is 1.40 bits per heavy atom. The molecule has 0 aromatic carbocycles. The second-order valence-electron chi connectivity index (χ2n) is 3.71. The Hall–Kier alpha value is -1.65. The van der Waals surface area contributed by atoms with Gasteiger partial charge in [0, 0.05) is 6.54 Å². The van der Waals surface area contributed by atoms with Crippen molar-refractivity contribution in [2.75, 3.05) is 6.54 Å². The van der Waals surface area contributed by atoms with Gasteiger partial charge in [0.15, 0.2) is 0 Å². The molecule has 0 unspecified atom stereocenters. The van der Waals surface area contributed by atoms with E-state index in [1.165, 1.54) is 0 Å². The molecule has 1 N–H and O–H groups in total. The number of imide groups is 2. The van der Waals surface area contributed by atoms with Crippen LogP contribution < -0.4 is 5.32 Å². The van der Waals surface area contributed by atoms with E-state index >= 15 is 0 Å². The zero-order chi connectivity index (χ0) is 11.4. The number of nitrogens with one attached hydrogen (secondary N) is 1. The Labute approximate surface area is 88.1 Å². The lowest BCUT2D eigenvalue weighted by Crippen LogP contribution is -2.52. The average molecular weight is 210 g/mol. The molecule has 0 spiro atoms. The molecule has 0 aromatic rings. The molecular formula is C10H14N2O3. The van der Waals surface area contributed by atoms with Gasteiger partial charge in [-0.2, -0.15) is 0 Å². The van der Waals surface area contributed by atoms with Crippen molar-refractivity contribution in [3.8, 4) is 0 Å². The number of amides is 4. The lowest BCUT2D eigenvalue weighted by molar-refractivity contribution is -0.135. The lowest BCUT2D eigenvalue weighted by Gasteiger charge is -2.23. The van der Waals surface area contributed by atoms with E-state index in [0.717, 1.165) is 4.90 Å². The fourth-order valence-corrected chi connectivity index (χ4v) is 1.20. The molecule has 0 radical (unpaired) electrons. The number of rotatable bonds is 3. The van der Waals surface area contributed by atoms with Crippen LogP contribution in [0.25, 0.3) is 0 Å². The molecule has 82 valence electrons. The molecule has 0 atom stereocenters. The Kier molecular flexibility index (Phi) is 3.60. The summed E-state index contributed by atoms with van der Waals surface area (Å²) in [6.07, 6.45) is 3.40. The minimum atomic E-state index is -0.635. The highest BCUT2D eigenvalue weighted by molar-refractivity contribution is 6.14. The standard InChI is InChI=1S/C10H14N2O3/c1-7(2)4-3-5-12-9(14)6-8(13)11-10(12)15/h3-4,7H,5-6H2,1-2H3,(H,11,13,15). The van der Waals surface area contributed by atoms with Gasteiger partial charge in [0.1, 0.15) is 6.42 Å². The van der Waals surface area contributed by atoms with Gasteiger partial charge in [-0.25, -0.2) is 4.79 Å². The predicted octanol–water partition coefficient (Wildman–Crippen LogP) is 0.667. The third-order valence-electron chi connectivity index (χ3n) is 1.91. The first-order valence-corrected chi connectivity index (χ1v) is 4.81. The van der Waals surface area contributed by atoms with Crippen molar-refractivity contribution < 1.29 is 14.4 Å². The van der Waals surface area contributed by atoms with Gasteiger partial charge >= 0.3 is 6.03 Å². The molecule has 0 aromatic heterocycles. The zero-order valence-electron chi connectivity index (χ0n) is 8.82. The van der Waals surface area contributed by atoms with Crippen LogP contribution in [0.3, 0.4) is 0 Å². The van der Waals surface area contributed by atoms with Gasteiger partial charge in [0.25, 0.3) is 0 Å². The van der Waals surface area contributed by atoms with Crippen molar-refractivity contribution in [1.29, 1.82) is 0 Å². The van der Waals surface area contributed by atoms with Gasteiger partial charge < -0.3 is 0 Å². The van der Waals surface area contributed by atoms with E-state index in [2.05, 4.69) is 5.32 Å². The SMILES string of the molecule is CC(C)C=CCN1C(=O)CC(=O)NC1=O. The third-order valence-corrected chi connectivity index (χ3v) is 1.91. The summed E-state index contributed by atoms with van der Waals surface area (Å²) in [5.74, 6) is -0.610. The summed E-state index contributed by atoms with van der Waals surface area (Å²) in [5, 5.41) is 2.09. The van der Waals surface area contributed by atoms with Crippen molar-refractivity contribution in [2.24, 2.45) is 5.92 Å². The molecule has 1 rings (SSSR count). The van der Waals surface area contributed by atoms with Crippen LogP contribution >= 0.6 is 0 Å². The van der Waals surface area contributed by atoms with Crippen LogP contribution in [0.4, 0.5) is 4.79 Å². The summed E-state index contributed by atoms with van der Waals surface area (Å²) >= 11 is 0. The minimum absolute atomic E-state index is 0.218. The van der Waals surface area contributed by atoms with E-state index in [-0.39, 0.29) is 13.0 Å². The number of carbonyl (C=O) groups excluding carboxylic acids is 3. The van der Waals surface area contributed by atoms with Gasteiger partial charge in [0.2, 0.25) is 11.8 Å². The number of allylic oxidation sites excluding steroid dienone is 1. The predicted molar refractivity (Wildman–Crippen MR) is 53.8 cm³/mol. The average Bonchev–Trinajstić information content (AvgIpc) is 2.08. The van der Waals surface area contributed by atoms with E-state index in [0.29, 0.717) is 5.92 Å². The van der Waals surface area contributed by atoms with Gasteiger partial charge in [-0.3, -0.25) is 19.8 Å². The van der Waals surface area contributed by atoms with E-state index in [4.69, 9.17) is 0 Å². The molecule has 1 heterocycles. The maximum Gasteiger partial charge on any atom is 0.331 e. The molecule has 1 saturated heterocycles. The molecule has 0 aliphatic carbocycles. The summed E-state index contributed by atoms with van der Waals surface area (Å²) in [7, 11) is 0. The van der Waals surface area contributed by atoms with Crippen LogP contribution in [0.1, 0.15) is 20.3 Å². The van der Waals surface area contributed by atoms with Gasteiger partial charge in [-0.15, -0.1) is 0 Å². The summed E-state index contributed by atoms with van der Waals surface area (Å²) in [6.45, 7) is 4.21. The fraction of sp³-hybridized carbons (Fsp3) is 0.500. The summed E-state index contributed by atoms with van der Waals surface area (Å²) < 4.78 is 0. The van der Waals surface area contributed by atoms with Crippen molar-refractivity contribution in [2.45, 2.75) is 20.3 Å². The lowest BCUT2D eigenvalue weighted by atomic mass is 10.2. The molecular weight excluding hydrogens is 196 g/mol. The van der Waals surface area contributed by atoms with E-state index in [1.54, 1.807) is 6.08 Å². The Morgan fingerprint density at radius 3 is 2.60 bits per heavy atom. The quantitative estimate of drug-likeness (QED) is 0.550. The molecule has 0 saturated carbocycles. The summed E-state index contributed by atoms with van der Waals surface area (Å²) in [4.78, 5) is 34.4. The Bertz CT molecular complexity index is 301. The number of carbonyl (C=O) groups is 3.